The highest BCUT2D eigenvalue weighted by molar-refractivity contribution is 5.94. The number of phenols is 1. The maximum atomic E-state index is 12.0. The fraction of sp³-hybridized carbons (Fsp3) is 0.118. The second-order valence-corrected chi connectivity index (χ2v) is 4.35. The number of aliphatic hydroxyl groups is 1. The molecule has 4 heteroatoms. The van der Waals surface area contributed by atoms with Crippen LogP contribution < -0.4 is 5.32 Å². The third kappa shape index (κ3) is 4.10. The molecule has 21 heavy (non-hydrogen) atoms. The van der Waals surface area contributed by atoms with Crippen molar-refractivity contribution >= 4 is 5.91 Å². The van der Waals surface area contributed by atoms with Crippen LogP contribution in [0.25, 0.3) is 0 Å². The van der Waals surface area contributed by atoms with Gasteiger partial charge in [0.25, 0.3) is 5.91 Å². The maximum Gasteiger partial charge on any atom is 0.251 e. The maximum absolute atomic E-state index is 12.0. The van der Waals surface area contributed by atoms with Gasteiger partial charge in [0.05, 0.1) is 0 Å². The summed E-state index contributed by atoms with van der Waals surface area (Å²) in [5.41, 5.74) is 2.03. The number of nitrogens with one attached hydrogen (secondary N) is 1. The smallest absolute Gasteiger partial charge is 0.251 e. The van der Waals surface area contributed by atoms with E-state index in [9.17, 15) is 9.90 Å². The van der Waals surface area contributed by atoms with Crippen molar-refractivity contribution in [1.29, 1.82) is 0 Å². The highest BCUT2D eigenvalue weighted by atomic mass is 16.3. The Kier molecular flexibility index (Phi) is 4.97. The standard InChI is InChI=1S/C17H15NO3/c19-10-4-8-13-5-1-2-6-15(13)12-18-17(21)14-7-3-9-16(20)11-14/h1-3,5-7,9,11,19-20H,10,12H2,(H,18,21). The minimum atomic E-state index is -0.268. The van der Waals surface area contributed by atoms with E-state index in [2.05, 4.69) is 17.2 Å². The average Bonchev–Trinajstić information content (AvgIpc) is 2.51. The molecule has 4 nitrogen and oxygen atoms in total. The largest absolute Gasteiger partial charge is 0.508 e. The van der Waals surface area contributed by atoms with Crippen molar-refractivity contribution in [3.63, 3.8) is 0 Å². The third-order valence-electron chi connectivity index (χ3n) is 2.87. The molecule has 0 atom stereocenters. The molecule has 0 spiro atoms. The minimum Gasteiger partial charge on any atom is -0.508 e. The van der Waals surface area contributed by atoms with Crippen LogP contribution in [0.3, 0.4) is 0 Å². The van der Waals surface area contributed by atoms with Gasteiger partial charge in [0.15, 0.2) is 0 Å². The lowest BCUT2D eigenvalue weighted by Crippen LogP contribution is -2.23. The van der Waals surface area contributed by atoms with Crippen molar-refractivity contribution in [3.8, 4) is 17.6 Å². The van der Waals surface area contributed by atoms with Gasteiger partial charge in [0.1, 0.15) is 12.4 Å². The molecule has 2 rings (SSSR count). The van der Waals surface area contributed by atoms with Crippen molar-refractivity contribution < 1.29 is 15.0 Å². The van der Waals surface area contributed by atoms with Gasteiger partial charge >= 0.3 is 0 Å². The van der Waals surface area contributed by atoms with Gasteiger partial charge in [0, 0.05) is 17.7 Å². The molecule has 106 valence electrons. The molecule has 3 N–H and O–H groups in total. The second-order valence-electron chi connectivity index (χ2n) is 4.35. The van der Waals surface area contributed by atoms with Crippen LogP contribution in [0.1, 0.15) is 21.5 Å². The van der Waals surface area contributed by atoms with Crippen LogP contribution in [0.15, 0.2) is 48.5 Å². The van der Waals surface area contributed by atoms with Crippen molar-refractivity contribution in [2.45, 2.75) is 6.54 Å². The van der Waals surface area contributed by atoms with E-state index >= 15 is 0 Å². The summed E-state index contributed by atoms with van der Waals surface area (Å²) in [7, 11) is 0. The summed E-state index contributed by atoms with van der Waals surface area (Å²) in [4.78, 5) is 12.0. The molecule has 0 aliphatic carbocycles. The molecular formula is C17H15NO3. The first-order valence-corrected chi connectivity index (χ1v) is 6.45. The molecule has 0 heterocycles. The first-order valence-electron chi connectivity index (χ1n) is 6.45. The first-order chi connectivity index (χ1) is 10.2. The van der Waals surface area contributed by atoms with E-state index in [1.807, 2.05) is 24.3 Å². The van der Waals surface area contributed by atoms with E-state index in [1.54, 1.807) is 12.1 Å². The zero-order chi connectivity index (χ0) is 15.1. The van der Waals surface area contributed by atoms with Crippen molar-refractivity contribution in [2.75, 3.05) is 6.61 Å². The average molecular weight is 281 g/mol. The number of carbonyl (C=O) groups is 1. The second kappa shape index (κ2) is 7.13. The van der Waals surface area contributed by atoms with E-state index in [0.717, 1.165) is 11.1 Å². The Bertz CT molecular complexity index is 698. The van der Waals surface area contributed by atoms with Crippen molar-refractivity contribution in [2.24, 2.45) is 0 Å². The lowest BCUT2D eigenvalue weighted by Gasteiger charge is -2.07. The Labute approximate surface area is 123 Å². The molecule has 2 aromatic carbocycles. The Morgan fingerprint density at radius 1 is 1.14 bits per heavy atom. The zero-order valence-electron chi connectivity index (χ0n) is 11.3. The molecule has 2 aromatic rings. The van der Waals surface area contributed by atoms with Crippen molar-refractivity contribution in [1.82, 2.24) is 5.32 Å². The highest BCUT2D eigenvalue weighted by Gasteiger charge is 2.07. The number of amides is 1. The molecule has 0 saturated carbocycles. The third-order valence-corrected chi connectivity index (χ3v) is 2.87. The summed E-state index contributed by atoms with van der Waals surface area (Å²) in [5.74, 6) is 5.22. The highest BCUT2D eigenvalue weighted by Crippen LogP contribution is 2.11. The van der Waals surface area contributed by atoms with Gasteiger partial charge in [-0.2, -0.15) is 0 Å². The van der Waals surface area contributed by atoms with Gasteiger partial charge in [-0.05, 0) is 29.8 Å². The van der Waals surface area contributed by atoms with Gasteiger partial charge < -0.3 is 15.5 Å². The Morgan fingerprint density at radius 3 is 2.71 bits per heavy atom. The van der Waals surface area contributed by atoms with Crippen LogP contribution in [0.4, 0.5) is 0 Å². The van der Waals surface area contributed by atoms with E-state index in [1.165, 1.54) is 12.1 Å². The number of rotatable bonds is 3. The Morgan fingerprint density at radius 2 is 1.95 bits per heavy atom. The van der Waals surface area contributed by atoms with Gasteiger partial charge in [-0.3, -0.25) is 4.79 Å². The molecule has 0 saturated heterocycles. The van der Waals surface area contributed by atoms with Gasteiger partial charge in [-0.25, -0.2) is 0 Å². The minimum absolute atomic E-state index is 0.0527. The van der Waals surface area contributed by atoms with E-state index < -0.39 is 0 Å². The lowest BCUT2D eigenvalue weighted by molar-refractivity contribution is 0.0950. The molecular weight excluding hydrogens is 266 g/mol. The number of aromatic hydroxyl groups is 1. The molecule has 0 aromatic heterocycles. The topological polar surface area (TPSA) is 69.6 Å². The molecule has 0 radical (unpaired) electrons. The fourth-order valence-corrected chi connectivity index (χ4v) is 1.86. The van der Waals surface area contributed by atoms with Crippen LogP contribution in [-0.4, -0.2) is 22.7 Å². The SMILES string of the molecule is O=C(NCc1ccccc1C#CCO)c1cccc(O)c1. The van der Waals surface area contributed by atoms with Gasteiger partial charge in [-0.1, -0.05) is 36.1 Å². The number of aliphatic hydroxyl groups excluding tert-OH is 1. The van der Waals surface area contributed by atoms with Crippen LogP contribution in [0.2, 0.25) is 0 Å². The summed E-state index contributed by atoms with van der Waals surface area (Å²) in [5, 5.41) is 20.9. The molecule has 0 aliphatic rings. The van der Waals surface area contributed by atoms with Gasteiger partial charge in [-0.15, -0.1) is 0 Å². The van der Waals surface area contributed by atoms with Crippen LogP contribution >= 0.6 is 0 Å². The van der Waals surface area contributed by atoms with Crippen LogP contribution in [0, 0.1) is 11.8 Å². The summed E-state index contributed by atoms with van der Waals surface area (Å²) in [6, 6.07) is 13.6. The number of hydrogen-bond acceptors (Lipinski definition) is 3. The monoisotopic (exact) mass is 281 g/mol. The first kappa shape index (κ1) is 14.6. The Hall–Kier alpha value is -2.77. The normalized spacial score (nSPS) is 9.57. The summed E-state index contributed by atoms with van der Waals surface area (Å²) >= 11 is 0. The fourth-order valence-electron chi connectivity index (χ4n) is 1.86. The van der Waals surface area contributed by atoms with E-state index in [0.29, 0.717) is 12.1 Å². The summed E-state index contributed by atoms with van der Waals surface area (Å²) < 4.78 is 0. The molecule has 0 fully saturated rings. The molecule has 0 bridgehead atoms. The predicted octanol–water partition coefficient (Wildman–Crippen LogP) is 1.67. The number of carbonyl (C=O) groups excluding carboxylic acids is 1. The lowest BCUT2D eigenvalue weighted by atomic mass is 10.1. The van der Waals surface area contributed by atoms with E-state index in [4.69, 9.17) is 5.11 Å². The van der Waals surface area contributed by atoms with Gasteiger partial charge in [0.2, 0.25) is 0 Å². The van der Waals surface area contributed by atoms with Crippen LogP contribution in [-0.2, 0) is 6.54 Å². The quantitative estimate of drug-likeness (QED) is 0.749. The number of benzene rings is 2. The predicted molar refractivity (Wildman–Crippen MR) is 79.7 cm³/mol. The molecule has 0 unspecified atom stereocenters. The molecule has 0 aliphatic heterocycles. The number of phenolic OH excluding ortho intramolecular Hbond substituents is 1. The summed E-state index contributed by atoms with van der Waals surface area (Å²) in [6.07, 6.45) is 0. The zero-order valence-corrected chi connectivity index (χ0v) is 11.3. The van der Waals surface area contributed by atoms with E-state index in [-0.39, 0.29) is 18.3 Å². The van der Waals surface area contributed by atoms with Crippen LogP contribution in [0.5, 0.6) is 5.75 Å². The molecule has 1 amide bonds. The summed E-state index contributed by atoms with van der Waals surface area (Å²) in [6.45, 7) is 0.120. The van der Waals surface area contributed by atoms with Crippen molar-refractivity contribution in [3.05, 3.63) is 65.2 Å². The Balaban J connectivity index is 2.08. The number of hydrogen-bond donors (Lipinski definition) is 3.